The Morgan fingerprint density at radius 2 is 1.77 bits per heavy atom. The lowest BCUT2D eigenvalue weighted by Crippen LogP contribution is -2.24. The summed E-state index contributed by atoms with van der Waals surface area (Å²) in [7, 11) is 3.13. The zero-order chi connectivity index (χ0) is 25.4. The van der Waals surface area contributed by atoms with Crippen LogP contribution in [-0.4, -0.2) is 42.4 Å². The molecule has 0 aliphatic carbocycles. The van der Waals surface area contributed by atoms with E-state index in [1.165, 1.54) is 0 Å². The van der Waals surface area contributed by atoms with Gasteiger partial charge in [-0.05, 0) is 37.6 Å². The second-order valence-corrected chi connectivity index (χ2v) is 7.39. The normalized spacial score (nSPS) is 11.2. The van der Waals surface area contributed by atoms with Crippen molar-refractivity contribution in [3.8, 4) is 11.5 Å². The molecule has 0 spiro atoms. The molecule has 1 N–H and O–H groups in total. The van der Waals surface area contributed by atoms with Gasteiger partial charge in [-0.3, -0.25) is 9.59 Å². The number of carbonyl (C=O) groups is 2. The van der Waals surface area contributed by atoms with Crippen LogP contribution in [0.2, 0.25) is 0 Å². The van der Waals surface area contributed by atoms with Crippen molar-refractivity contribution in [2.45, 2.75) is 20.3 Å². The molecule has 0 radical (unpaired) electrons. The maximum absolute atomic E-state index is 12.8. The number of aromatic nitrogens is 2. The van der Waals surface area contributed by atoms with Crippen molar-refractivity contribution in [2.75, 3.05) is 20.8 Å². The Labute approximate surface area is 203 Å². The van der Waals surface area contributed by atoms with Crippen LogP contribution >= 0.6 is 0 Å². The molecule has 3 rings (SSSR count). The fraction of sp³-hybridized carbons (Fsp3) is 0.231. The van der Waals surface area contributed by atoms with Gasteiger partial charge in [0.2, 0.25) is 11.8 Å². The molecule has 0 unspecified atom stereocenters. The molecule has 0 aliphatic heterocycles. The number of oxazole rings is 2. The van der Waals surface area contributed by atoms with Crippen LogP contribution in [0.5, 0.6) is 11.5 Å². The summed E-state index contributed by atoms with van der Waals surface area (Å²) in [5.74, 6) is 1.60. The number of hydrogen-bond acceptors (Lipinski definition) is 8. The molecule has 2 aromatic heterocycles. The Balaban J connectivity index is 1.69. The smallest absolute Gasteiger partial charge is 0.273 e. The van der Waals surface area contributed by atoms with Gasteiger partial charge < -0.3 is 23.6 Å². The monoisotopic (exact) mass is 477 g/mol. The number of nitrogens with zero attached hydrogens (tertiary/aromatic N) is 2. The van der Waals surface area contributed by atoms with E-state index in [0.717, 1.165) is 5.56 Å². The summed E-state index contributed by atoms with van der Waals surface area (Å²) in [5, 5.41) is 2.70. The number of ketones is 1. The fourth-order valence-electron chi connectivity index (χ4n) is 3.23. The minimum atomic E-state index is -0.390. The molecule has 0 saturated carbocycles. The number of nitrogens with one attached hydrogen (secondary N) is 1. The molecule has 1 amide bonds. The van der Waals surface area contributed by atoms with Gasteiger partial charge in [-0.1, -0.05) is 30.9 Å². The van der Waals surface area contributed by atoms with Crippen LogP contribution in [0, 0.1) is 13.8 Å². The van der Waals surface area contributed by atoms with Crippen molar-refractivity contribution in [3.05, 3.63) is 83.3 Å². The first-order valence-electron chi connectivity index (χ1n) is 10.8. The third kappa shape index (κ3) is 6.35. The minimum absolute atomic E-state index is 0.129. The highest BCUT2D eigenvalue weighted by atomic mass is 16.5. The Kier molecular flexibility index (Phi) is 8.39. The molecule has 0 fully saturated rings. The van der Waals surface area contributed by atoms with Crippen LogP contribution in [0.15, 0.2) is 51.8 Å². The molecule has 9 nitrogen and oxygen atoms in total. The highest BCUT2D eigenvalue weighted by Gasteiger charge is 2.22. The molecule has 2 heterocycles. The maximum atomic E-state index is 12.8. The van der Waals surface area contributed by atoms with E-state index in [4.69, 9.17) is 18.3 Å². The number of rotatable bonds is 11. The number of aryl methyl sites for hydroxylation is 2. The molecule has 1 aromatic carbocycles. The second kappa shape index (κ2) is 11.6. The molecule has 35 heavy (non-hydrogen) atoms. The molecule has 0 saturated heterocycles. The molecular formula is C26H27N3O6. The van der Waals surface area contributed by atoms with E-state index < -0.39 is 0 Å². The first-order valence-corrected chi connectivity index (χ1v) is 10.8. The Morgan fingerprint density at radius 3 is 2.49 bits per heavy atom. The SMILES string of the molecule is C=C/C=C/CNC(=O)c1nc(CC(=O)c2nc(/C=C/c3ccc(OC)c(OC)c3)oc2C)oc1C. The molecule has 0 atom stereocenters. The van der Waals surface area contributed by atoms with Crippen LogP contribution < -0.4 is 14.8 Å². The summed E-state index contributed by atoms with van der Waals surface area (Å²) in [6.07, 6.45) is 8.36. The van der Waals surface area contributed by atoms with Gasteiger partial charge >= 0.3 is 0 Å². The Morgan fingerprint density at radius 1 is 1.03 bits per heavy atom. The van der Waals surface area contributed by atoms with E-state index >= 15 is 0 Å². The molecular weight excluding hydrogens is 450 g/mol. The van der Waals surface area contributed by atoms with E-state index in [1.54, 1.807) is 64.5 Å². The van der Waals surface area contributed by atoms with Gasteiger partial charge in [-0.25, -0.2) is 9.97 Å². The zero-order valence-corrected chi connectivity index (χ0v) is 20.1. The van der Waals surface area contributed by atoms with E-state index in [1.807, 2.05) is 12.1 Å². The lowest BCUT2D eigenvalue weighted by atomic mass is 10.2. The van der Waals surface area contributed by atoms with Gasteiger partial charge in [-0.2, -0.15) is 0 Å². The largest absolute Gasteiger partial charge is 0.493 e. The summed E-state index contributed by atoms with van der Waals surface area (Å²) in [4.78, 5) is 33.6. The maximum Gasteiger partial charge on any atom is 0.273 e. The first kappa shape index (κ1) is 25.2. The van der Waals surface area contributed by atoms with Crippen LogP contribution in [0.3, 0.4) is 0 Å². The quantitative estimate of drug-likeness (QED) is 0.320. The van der Waals surface area contributed by atoms with Crippen molar-refractivity contribution in [1.29, 1.82) is 0 Å². The first-order chi connectivity index (χ1) is 16.9. The summed E-state index contributed by atoms with van der Waals surface area (Å²) in [5.41, 5.74) is 1.15. The second-order valence-electron chi connectivity index (χ2n) is 7.39. The number of Topliss-reactive ketones (excluding diaryl/α,β-unsaturated/α-hetero) is 1. The number of ether oxygens (including phenoxy) is 2. The average Bonchev–Trinajstić information content (AvgIpc) is 3.41. The third-order valence-electron chi connectivity index (χ3n) is 4.92. The molecule has 3 aromatic rings. The molecule has 9 heteroatoms. The van der Waals surface area contributed by atoms with Crippen LogP contribution in [0.4, 0.5) is 0 Å². The number of amides is 1. The van der Waals surface area contributed by atoms with Crippen molar-refractivity contribution >= 4 is 23.8 Å². The summed E-state index contributed by atoms with van der Waals surface area (Å²) < 4.78 is 21.7. The van der Waals surface area contributed by atoms with E-state index in [-0.39, 0.29) is 41.3 Å². The summed E-state index contributed by atoms with van der Waals surface area (Å²) >= 11 is 0. The average molecular weight is 478 g/mol. The lowest BCUT2D eigenvalue weighted by molar-refractivity contribution is 0.0948. The van der Waals surface area contributed by atoms with Crippen molar-refractivity contribution < 1.29 is 27.9 Å². The van der Waals surface area contributed by atoms with Gasteiger partial charge in [0.1, 0.15) is 17.2 Å². The molecule has 182 valence electrons. The number of methoxy groups -OCH3 is 2. The van der Waals surface area contributed by atoms with E-state index in [0.29, 0.717) is 29.6 Å². The minimum Gasteiger partial charge on any atom is -0.493 e. The van der Waals surface area contributed by atoms with Gasteiger partial charge in [0, 0.05) is 12.6 Å². The standard InChI is InChI=1S/C26H27N3O6/c1-6-7-8-13-27-26(31)25-17(3)35-23(29-25)15-19(30)24-16(2)34-22(28-24)12-10-18-9-11-20(32-4)21(14-18)33-5/h6-12,14H,1,13,15H2,2-5H3,(H,27,31)/b8-7+,12-10+. The van der Waals surface area contributed by atoms with Gasteiger partial charge in [-0.15, -0.1) is 0 Å². The number of benzene rings is 1. The number of allylic oxidation sites excluding steroid dienone is 2. The van der Waals surface area contributed by atoms with E-state index in [2.05, 4.69) is 21.9 Å². The lowest BCUT2D eigenvalue weighted by Gasteiger charge is -2.07. The predicted molar refractivity (Wildman–Crippen MR) is 131 cm³/mol. The highest BCUT2D eigenvalue weighted by molar-refractivity contribution is 5.97. The van der Waals surface area contributed by atoms with Crippen LogP contribution in [-0.2, 0) is 6.42 Å². The summed E-state index contributed by atoms with van der Waals surface area (Å²) in [6.45, 7) is 7.17. The highest BCUT2D eigenvalue weighted by Crippen LogP contribution is 2.28. The summed E-state index contributed by atoms with van der Waals surface area (Å²) in [6, 6.07) is 5.46. The van der Waals surface area contributed by atoms with Gasteiger partial charge in [0.25, 0.3) is 5.91 Å². The number of hydrogen-bond donors (Lipinski definition) is 1. The molecule has 0 bridgehead atoms. The van der Waals surface area contributed by atoms with Crippen molar-refractivity contribution in [3.63, 3.8) is 0 Å². The van der Waals surface area contributed by atoms with Crippen molar-refractivity contribution in [2.24, 2.45) is 0 Å². The van der Waals surface area contributed by atoms with Crippen LogP contribution in [0.1, 0.15) is 49.8 Å². The van der Waals surface area contributed by atoms with Crippen LogP contribution in [0.25, 0.3) is 12.2 Å². The number of carbonyl (C=O) groups excluding carboxylic acids is 2. The topological polar surface area (TPSA) is 117 Å². The Hall–Kier alpha value is -4.40. The third-order valence-corrected chi connectivity index (χ3v) is 4.92. The Bertz CT molecular complexity index is 1280. The van der Waals surface area contributed by atoms with E-state index in [9.17, 15) is 9.59 Å². The predicted octanol–water partition coefficient (Wildman–Crippen LogP) is 4.36. The van der Waals surface area contributed by atoms with Gasteiger partial charge in [0.15, 0.2) is 23.0 Å². The van der Waals surface area contributed by atoms with Crippen molar-refractivity contribution in [1.82, 2.24) is 15.3 Å². The zero-order valence-electron chi connectivity index (χ0n) is 20.1. The molecule has 0 aliphatic rings. The fourth-order valence-corrected chi connectivity index (χ4v) is 3.23. The van der Waals surface area contributed by atoms with Gasteiger partial charge in [0.05, 0.1) is 20.6 Å².